The van der Waals surface area contributed by atoms with Gasteiger partial charge in [-0.2, -0.15) is 0 Å². The van der Waals surface area contributed by atoms with Gasteiger partial charge in [0, 0.05) is 52.0 Å². The Balaban J connectivity index is 1.61. The SMILES string of the molecule is COc1cc(N2CCOCC2)c(NC(=O)NCC(OC)OC)cc1Nc1c(-c2ncncc2C(=O)OC(C)C)c2ccccc2n1C. The number of fused-ring (bicyclic) bond motifs is 1. The van der Waals surface area contributed by atoms with Crippen molar-refractivity contribution < 1.29 is 33.3 Å². The molecular weight excluding hydrogens is 606 g/mol. The van der Waals surface area contributed by atoms with E-state index in [2.05, 4.69) is 30.8 Å². The first-order valence-electron chi connectivity index (χ1n) is 15.3. The number of urea groups is 1. The summed E-state index contributed by atoms with van der Waals surface area (Å²) in [5.41, 5.74) is 4.11. The molecule has 0 spiro atoms. The maximum atomic E-state index is 13.2. The van der Waals surface area contributed by atoms with Crippen LogP contribution in [0, 0.1) is 0 Å². The molecule has 0 saturated carbocycles. The molecule has 0 unspecified atom stereocenters. The van der Waals surface area contributed by atoms with E-state index in [9.17, 15) is 9.59 Å². The van der Waals surface area contributed by atoms with E-state index < -0.39 is 18.3 Å². The van der Waals surface area contributed by atoms with Crippen molar-refractivity contribution in [2.75, 3.05) is 69.7 Å². The summed E-state index contributed by atoms with van der Waals surface area (Å²) in [6.45, 7) is 6.11. The largest absolute Gasteiger partial charge is 0.494 e. The second-order valence-corrected chi connectivity index (χ2v) is 11.1. The van der Waals surface area contributed by atoms with Gasteiger partial charge in [0.15, 0.2) is 6.29 Å². The van der Waals surface area contributed by atoms with E-state index >= 15 is 0 Å². The van der Waals surface area contributed by atoms with E-state index in [1.54, 1.807) is 21.0 Å². The van der Waals surface area contributed by atoms with Crippen molar-refractivity contribution in [3.8, 4) is 17.0 Å². The highest BCUT2D eigenvalue weighted by molar-refractivity contribution is 6.08. The Morgan fingerprint density at radius 3 is 2.49 bits per heavy atom. The second kappa shape index (κ2) is 15.1. The highest BCUT2D eigenvalue weighted by atomic mass is 16.7. The van der Waals surface area contributed by atoms with Crippen molar-refractivity contribution in [3.05, 3.63) is 54.5 Å². The van der Waals surface area contributed by atoms with Gasteiger partial charge in [0.05, 0.1) is 66.8 Å². The van der Waals surface area contributed by atoms with E-state index in [0.29, 0.717) is 60.5 Å². The summed E-state index contributed by atoms with van der Waals surface area (Å²) in [4.78, 5) is 37.1. The van der Waals surface area contributed by atoms with Gasteiger partial charge in [0.1, 0.15) is 23.5 Å². The third-order valence-corrected chi connectivity index (χ3v) is 7.74. The van der Waals surface area contributed by atoms with Gasteiger partial charge < -0.3 is 49.1 Å². The van der Waals surface area contributed by atoms with Crippen molar-refractivity contribution in [3.63, 3.8) is 0 Å². The van der Waals surface area contributed by atoms with Gasteiger partial charge in [-0.05, 0) is 26.0 Å². The predicted octanol–water partition coefficient (Wildman–Crippen LogP) is 4.53. The standard InChI is InChI=1S/C33H41N7O7/c1-20(2)47-32(41)22-17-34-19-36-30(22)29-21-9-7-8-10-25(21)39(3)31(29)37-24-15-23(38-33(42)35-18-28(44-5)45-6)26(16-27(24)43-4)40-11-13-46-14-12-40/h7-10,15-17,19-20,28,37H,11-14,18H2,1-6H3,(H2,35,38,42). The number of nitrogens with zero attached hydrogens (tertiary/aromatic N) is 4. The summed E-state index contributed by atoms with van der Waals surface area (Å²) in [5.74, 6) is 0.651. The normalized spacial score (nSPS) is 13.2. The molecule has 0 aliphatic carbocycles. The molecule has 250 valence electrons. The highest BCUT2D eigenvalue weighted by Gasteiger charge is 2.26. The minimum atomic E-state index is -0.595. The van der Waals surface area contributed by atoms with Gasteiger partial charge in [-0.1, -0.05) is 18.2 Å². The van der Waals surface area contributed by atoms with Crippen LogP contribution < -0.4 is 25.6 Å². The van der Waals surface area contributed by atoms with Crippen LogP contribution in [0.4, 0.5) is 27.7 Å². The maximum Gasteiger partial charge on any atom is 0.342 e. The average Bonchev–Trinajstić information content (AvgIpc) is 3.36. The number of rotatable bonds is 12. The third-order valence-electron chi connectivity index (χ3n) is 7.74. The minimum absolute atomic E-state index is 0.146. The first-order valence-corrected chi connectivity index (χ1v) is 15.3. The van der Waals surface area contributed by atoms with Gasteiger partial charge >= 0.3 is 12.0 Å². The number of aryl methyl sites for hydroxylation is 1. The molecule has 2 aromatic carbocycles. The number of benzene rings is 2. The molecule has 2 aromatic heterocycles. The fourth-order valence-corrected chi connectivity index (χ4v) is 5.47. The van der Waals surface area contributed by atoms with Crippen molar-refractivity contribution in [2.24, 2.45) is 7.05 Å². The summed E-state index contributed by atoms with van der Waals surface area (Å²) in [7, 11) is 6.52. The Hall–Kier alpha value is -4.92. The van der Waals surface area contributed by atoms with Crippen molar-refractivity contribution >= 4 is 45.8 Å². The molecule has 4 aromatic rings. The zero-order chi connectivity index (χ0) is 33.5. The van der Waals surface area contributed by atoms with Crippen LogP contribution in [-0.4, -0.2) is 93.1 Å². The molecular formula is C33H41N7O7. The Bertz CT molecular complexity index is 1720. The van der Waals surface area contributed by atoms with E-state index in [0.717, 1.165) is 16.6 Å². The number of methoxy groups -OCH3 is 3. The van der Waals surface area contributed by atoms with Crippen LogP contribution in [0.25, 0.3) is 22.2 Å². The fraction of sp³-hybridized carbons (Fsp3) is 0.394. The van der Waals surface area contributed by atoms with Crippen molar-refractivity contribution in [1.29, 1.82) is 0 Å². The Morgan fingerprint density at radius 1 is 1.04 bits per heavy atom. The van der Waals surface area contributed by atoms with Crippen molar-refractivity contribution in [2.45, 2.75) is 26.2 Å². The van der Waals surface area contributed by atoms with E-state index in [4.69, 9.17) is 23.7 Å². The van der Waals surface area contributed by atoms with Crippen LogP contribution in [0.3, 0.4) is 0 Å². The van der Waals surface area contributed by atoms with Crippen molar-refractivity contribution in [1.82, 2.24) is 19.9 Å². The number of esters is 1. The quantitative estimate of drug-likeness (QED) is 0.147. The lowest BCUT2D eigenvalue weighted by atomic mass is 10.0. The van der Waals surface area contributed by atoms with Crippen LogP contribution in [0.15, 0.2) is 48.9 Å². The molecule has 14 heteroatoms. The van der Waals surface area contributed by atoms with Gasteiger partial charge in [0.2, 0.25) is 0 Å². The van der Waals surface area contributed by atoms with Crippen LogP contribution in [0.1, 0.15) is 24.2 Å². The van der Waals surface area contributed by atoms with E-state index in [1.807, 2.05) is 48.0 Å². The summed E-state index contributed by atoms with van der Waals surface area (Å²) < 4.78 is 29.4. The lowest BCUT2D eigenvalue weighted by molar-refractivity contribution is -0.0970. The number of amides is 2. The third kappa shape index (κ3) is 7.40. The number of nitrogens with one attached hydrogen (secondary N) is 3. The zero-order valence-electron chi connectivity index (χ0n) is 27.5. The molecule has 1 saturated heterocycles. The first-order chi connectivity index (χ1) is 22.7. The fourth-order valence-electron chi connectivity index (χ4n) is 5.47. The van der Waals surface area contributed by atoms with Crippen LogP contribution in [0.2, 0.25) is 0 Å². The number of aromatic nitrogens is 3. The van der Waals surface area contributed by atoms with Crippen LogP contribution >= 0.6 is 0 Å². The topological polar surface area (TPSA) is 150 Å². The average molecular weight is 648 g/mol. The monoisotopic (exact) mass is 647 g/mol. The lowest BCUT2D eigenvalue weighted by Crippen LogP contribution is -2.39. The number of hydrogen-bond donors (Lipinski definition) is 3. The highest BCUT2D eigenvalue weighted by Crippen LogP contribution is 2.44. The molecule has 0 radical (unpaired) electrons. The molecule has 2 amide bonds. The van der Waals surface area contributed by atoms with Gasteiger partial charge in [-0.25, -0.2) is 19.6 Å². The van der Waals surface area contributed by atoms with Crippen LogP contribution in [0.5, 0.6) is 5.75 Å². The summed E-state index contributed by atoms with van der Waals surface area (Å²) in [5, 5.41) is 10.2. The maximum absolute atomic E-state index is 13.2. The second-order valence-electron chi connectivity index (χ2n) is 11.1. The number of ether oxygens (including phenoxy) is 5. The van der Waals surface area contributed by atoms with Gasteiger partial charge in [-0.15, -0.1) is 0 Å². The number of hydrogen-bond acceptors (Lipinski definition) is 11. The van der Waals surface area contributed by atoms with E-state index in [-0.39, 0.29) is 18.2 Å². The Labute approximate surface area is 273 Å². The molecule has 3 N–H and O–H groups in total. The molecule has 47 heavy (non-hydrogen) atoms. The summed E-state index contributed by atoms with van der Waals surface area (Å²) >= 11 is 0. The number of para-hydroxylation sites is 1. The Kier molecular flexibility index (Phi) is 10.8. The summed E-state index contributed by atoms with van der Waals surface area (Å²) in [6.07, 6.45) is 1.95. The molecule has 0 bridgehead atoms. The molecule has 14 nitrogen and oxygen atoms in total. The molecule has 0 atom stereocenters. The predicted molar refractivity (Wildman–Crippen MR) is 179 cm³/mol. The first kappa shape index (κ1) is 33.4. The van der Waals surface area contributed by atoms with Crippen LogP contribution in [-0.2, 0) is 26.0 Å². The number of carbonyl (C=O) groups is 2. The van der Waals surface area contributed by atoms with E-state index in [1.165, 1.54) is 26.7 Å². The minimum Gasteiger partial charge on any atom is -0.494 e. The number of anilines is 4. The summed E-state index contributed by atoms with van der Waals surface area (Å²) in [6, 6.07) is 11.1. The lowest BCUT2D eigenvalue weighted by Gasteiger charge is -2.31. The molecule has 1 aliphatic rings. The molecule has 5 rings (SSSR count). The Morgan fingerprint density at radius 2 is 1.79 bits per heavy atom. The molecule has 1 aliphatic heterocycles. The smallest absolute Gasteiger partial charge is 0.342 e. The zero-order valence-corrected chi connectivity index (χ0v) is 27.5. The van der Waals surface area contributed by atoms with Gasteiger partial charge in [0.25, 0.3) is 0 Å². The number of morpholine rings is 1. The molecule has 3 heterocycles. The number of carbonyl (C=O) groups excluding carboxylic acids is 2. The van der Waals surface area contributed by atoms with Gasteiger partial charge in [-0.3, -0.25) is 0 Å². The molecule has 1 fully saturated rings.